The van der Waals surface area contributed by atoms with Gasteiger partial charge in [0.25, 0.3) is 0 Å². The second kappa shape index (κ2) is 3.96. The Kier molecular flexibility index (Phi) is 2.64. The Morgan fingerprint density at radius 3 is 2.81 bits per heavy atom. The molecule has 0 unspecified atom stereocenters. The highest BCUT2D eigenvalue weighted by Crippen LogP contribution is 2.16. The zero-order valence-corrected chi connectivity index (χ0v) is 9.49. The number of aromatic nitrogens is 1. The maximum atomic E-state index is 5.84. The van der Waals surface area contributed by atoms with Gasteiger partial charge in [0.15, 0.2) is 0 Å². The summed E-state index contributed by atoms with van der Waals surface area (Å²) in [5, 5.41) is 2.22. The number of nitrogens with zero attached hydrogens (tertiary/aromatic N) is 1. The lowest BCUT2D eigenvalue weighted by molar-refractivity contribution is 0.680. The van der Waals surface area contributed by atoms with E-state index >= 15 is 0 Å². The topological polar surface area (TPSA) is 38.9 Å². The predicted octanol–water partition coefficient (Wildman–Crippen LogP) is 2.32. The van der Waals surface area contributed by atoms with E-state index in [2.05, 4.69) is 16.8 Å². The molecule has 2 aromatic rings. The summed E-state index contributed by atoms with van der Waals surface area (Å²) < 4.78 is 0. The Hall–Kier alpha value is -1.85. The molecule has 0 spiro atoms. The van der Waals surface area contributed by atoms with Gasteiger partial charge in [0, 0.05) is 28.7 Å². The Labute approximate surface area is 95.5 Å². The van der Waals surface area contributed by atoms with Crippen molar-refractivity contribution in [3.63, 3.8) is 0 Å². The van der Waals surface area contributed by atoms with Crippen LogP contribution in [0.3, 0.4) is 0 Å². The van der Waals surface area contributed by atoms with Gasteiger partial charge in [-0.2, -0.15) is 0 Å². The van der Waals surface area contributed by atoms with E-state index in [1.807, 2.05) is 44.3 Å². The van der Waals surface area contributed by atoms with E-state index in [-0.39, 0.29) is 0 Å². The fraction of sp³-hybridized carbons (Fsp3) is 0.214. The Balaban J connectivity index is 2.56. The number of fused-ring (bicyclic) bond motifs is 1. The highest BCUT2D eigenvalue weighted by molar-refractivity contribution is 5.87. The quantitative estimate of drug-likeness (QED) is 0.678. The average Bonchev–Trinajstić information content (AvgIpc) is 2.25. The number of hydrogen-bond acceptors (Lipinski definition) is 2. The minimum absolute atomic E-state index is 0.463. The molecule has 2 N–H and O–H groups in total. The first-order valence-corrected chi connectivity index (χ1v) is 5.21. The van der Waals surface area contributed by atoms with Crippen molar-refractivity contribution in [3.8, 4) is 11.8 Å². The van der Waals surface area contributed by atoms with E-state index in [4.69, 9.17) is 5.73 Å². The molecule has 2 rings (SSSR count). The zero-order valence-electron chi connectivity index (χ0n) is 9.49. The summed E-state index contributed by atoms with van der Waals surface area (Å²) in [5.41, 5.74) is 6.38. The van der Waals surface area contributed by atoms with Crippen LogP contribution in [0.1, 0.15) is 19.4 Å². The van der Waals surface area contributed by atoms with Gasteiger partial charge < -0.3 is 5.73 Å². The van der Waals surface area contributed by atoms with Gasteiger partial charge >= 0.3 is 0 Å². The van der Waals surface area contributed by atoms with Crippen LogP contribution in [0.2, 0.25) is 0 Å². The molecule has 0 radical (unpaired) electrons. The summed E-state index contributed by atoms with van der Waals surface area (Å²) >= 11 is 0. The van der Waals surface area contributed by atoms with Crippen LogP contribution in [0.25, 0.3) is 10.8 Å². The Bertz CT molecular complexity index is 563. The average molecular weight is 210 g/mol. The first-order valence-electron chi connectivity index (χ1n) is 5.21. The highest BCUT2D eigenvalue weighted by atomic mass is 14.7. The number of hydrogen-bond donors (Lipinski definition) is 1. The van der Waals surface area contributed by atoms with Crippen molar-refractivity contribution >= 4 is 10.8 Å². The highest BCUT2D eigenvalue weighted by Gasteiger charge is 2.04. The second-order valence-electron chi connectivity index (χ2n) is 4.37. The Morgan fingerprint density at radius 2 is 2.06 bits per heavy atom. The molecule has 80 valence electrons. The lowest BCUT2D eigenvalue weighted by Gasteiger charge is -2.07. The molecule has 0 fully saturated rings. The standard InChI is InChI=1S/C14H14N2/c1-14(2,15)8-6-11-4-3-5-12-10-16-9-7-13(11)12/h3-5,7,9-10H,15H2,1-2H3. The fourth-order valence-corrected chi connectivity index (χ4v) is 1.46. The van der Waals surface area contributed by atoms with Crippen LogP contribution in [-0.2, 0) is 0 Å². The lowest BCUT2D eigenvalue weighted by Crippen LogP contribution is -2.29. The minimum atomic E-state index is -0.463. The maximum absolute atomic E-state index is 5.84. The van der Waals surface area contributed by atoms with Crippen LogP contribution in [0.4, 0.5) is 0 Å². The third-order valence-corrected chi connectivity index (χ3v) is 2.20. The van der Waals surface area contributed by atoms with Gasteiger partial charge in [0.2, 0.25) is 0 Å². The van der Waals surface area contributed by atoms with Crippen molar-refractivity contribution in [2.45, 2.75) is 19.4 Å². The molecule has 0 aliphatic carbocycles. The molecule has 1 aromatic carbocycles. The van der Waals surface area contributed by atoms with Crippen molar-refractivity contribution in [1.29, 1.82) is 0 Å². The minimum Gasteiger partial charge on any atom is -0.316 e. The molecule has 1 aromatic heterocycles. The molecule has 0 saturated carbocycles. The third kappa shape index (κ3) is 2.39. The molecule has 0 bridgehead atoms. The van der Waals surface area contributed by atoms with Gasteiger partial charge in [-0.15, -0.1) is 0 Å². The van der Waals surface area contributed by atoms with Crippen LogP contribution < -0.4 is 5.73 Å². The van der Waals surface area contributed by atoms with Gasteiger partial charge in [0.1, 0.15) is 0 Å². The van der Waals surface area contributed by atoms with Gasteiger partial charge in [-0.25, -0.2) is 0 Å². The molecule has 2 nitrogen and oxygen atoms in total. The van der Waals surface area contributed by atoms with E-state index in [0.29, 0.717) is 0 Å². The van der Waals surface area contributed by atoms with Crippen LogP contribution in [0, 0.1) is 11.8 Å². The molecule has 0 atom stereocenters. The smallest absolute Gasteiger partial charge is 0.0722 e. The van der Waals surface area contributed by atoms with E-state index < -0.39 is 5.54 Å². The Morgan fingerprint density at radius 1 is 1.25 bits per heavy atom. The summed E-state index contributed by atoms with van der Waals surface area (Å²) in [4.78, 5) is 4.09. The van der Waals surface area contributed by atoms with Crippen molar-refractivity contribution < 1.29 is 0 Å². The van der Waals surface area contributed by atoms with Crippen LogP contribution in [0.5, 0.6) is 0 Å². The van der Waals surface area contributed by atoms with Gasteiger partial charge in [0.05, 0.1) is 5.54 Å². The number of nitrogens with two attached hydrogens (primary N) is 1. The zero-order chi connectivity index (χ0) is 11.6. The number of benzene rings is 1. The number of pyridine rings is 1. The first-order chi connectivity index (χ1) is 7.56. The van der Waals surface area contributed by atoms with Crippen LogP contribution >= 0.6 is 0 Å². The summed E-state index contributed by atoms with van der Waals surface area (Å²) in [5.74, 6) is 6.16. The molecule has 0 amide bonds. The van der Waals surface area contributed by atoms with Gasteiger partial charge in [-0.3, -0.25) is 4.98 Å². The predicted molar refractivity (Wildman–Crippen MR) is 66.9 cm³/mol. The SMILES string of the molecule is CC(C)(N)C#Cc1cccc2cnccc12. The fourth-order valence-electron chi connectivity index (χ4n) is 1.46. The molecular weight excluding hydrogens is 196 g/mol. The normalized spacial score (nSPS) is 10.9. The second-order valence-corrected chi connectivity index (χ2v) is 4.37. The molecule has 1 heterocycles. The summed E-state index contributed by atoms with van der Waals surface area (Å²) in [6.45, 7) is 3.79. The summed E-state index contributed by atoms with van der Waals surface area (Å²) in [6, 6.07) is 7.99. The van der Waals surface area contributed by atoms with Crippen molar-refractivity contribution in [2.75, 3.05) is 0 Å². The van der Waals surface area contributed by atoms with E-state index in [1.165, 1.54) is 0 Å². The third-order valence-electron chi connectivity index (χ3n) is 2.20. The largest absolute Gasteiger partial charge is 0.316 e. The number of rotatable bonds is 0. The van der Waals surface area contributed by atoms with Crippen LogP contribution in [-0.4, -0.2) is 10.5 Å². The summed E-state index contributed by atoms with van der Waals surface area (Å²) in [7, 11) is 0. The molecule has 2 heteroatoms. The van der Waals surface area contributed by atoms with E-state index in [9.17, 15) is 0 Å². The van der Waals surface area contributed by atoms with Gasteiger partial charge in [-0.05, 0) is 26.0 Å². The van der Waals surface area contributed by atoms with Crippen molar-refractivity contribution in [1.82, 2.24) is 4.98 Å². The molecule has 16 heavy (non-hydrogen) atoms. The van der Waals surface area contributed by atoms with E-state index in [1.54, 1.807) is 6.20 Å². The monoisotopic (exact) mass is 210 g/mol. The van der Waals surface area contributed by atoms with Crippen LogP contribution in [0.15, 0.2) is 36.7 Å². The van der Waals surface area contributed by atoms with E-state index in [0.717, 1.165) is 16.3 Å². The molecular formula is C14H14N2. The first kappa shape index (κ1) is 10.7. The van der Waals surface area contributed by atoms with Crippen molar-refractivity contribution in [3.05, 3.63) is 42.2 Å². The molecule has 0 aliphatic rings. The van der Waals surface area contributed by atoms with Crippen molar-refractivity contribution in [2.24, 2.45) is 5.73 Å². The molecule has 0 saturated heterocycles. The van der Waals surface area contributed by atoms with Gasteiger partial charge in [-0.1, -0.05) is 24.0 Å². The lowest BCUT2D eigenvalue weighted by atomic mass is 10.0. The maximum Gasteiger partial charge on any atom is 0.0722 e. The molecule has 0 aliphatic heterocycles. The summed E-state index contributed by atoms with van der Waals surface area (Å²) in [6.07, 6.45) is 3.62.